The molecular weight excluding hydrogens is 380 g/mol. The first-order valence-corrected chi connectivity index (χ1v) is 9.66. The number of hydrogen-bond donors (Lipinski definition) is 3. The first-order chi connectivity index (χ1) is 13.9. The van der Waals surface area contributed by atoms with Crippen molar-refractivity contribution in [3.8, 4) is 5.75 Å². The number of aliphatic hydroxyl groups is 1. The van der Waals surface area contributed by atoms with Crippen molar-refractivity contribution in [3.63, 3.8) is 0 Å². The molecule has 0 spiro atoms. The topological polar surface area (TPSA) is 78.8 Å². The normalized spacial score (nSPS) is 21.7. The van der Waals surface area contributed by atoms with Crippen molar-refractivity contribution in [1.29, 1.82) is 0 Å². The number of halogens is 2. The summed E-state index contributed by atoms with van der Waals surface area (Å²) in [7, 11) is 0. The molecule has 7 heteroatoms. The number of rotatable bonds is 7. The molecule has 0 unspecified atom stereocenters. The monoisotopic (exact) mass is 405 g/mol. The van der Waals surface area contributed by atoms with Crippen molar-refractivity contribution in [2.45, 2.75) is 37.9 Å². The van der Waals surface area contributed by atoms with Gasteiger partial charge in [0.15, 0.2) is 11.6 Å². The number of amides is 1. The summed E-state index contributed by atoms with van der Waals surface area (Å²) in [5, 5.41) is 22.5. The maximum absolute atomic E-state index is 13.6. The Morgan fingerprint density at radius 2 is 1.86 bits per heavy atom. The third kappa shape index (κ3) is 5.74. The largest absolute Gasteiger partial charge is 0.505 e. The van der Waals surface area contributed by atoms with Crippen molar-refractivity contribution in [1.82, 2.24) is 5.32 Å². The van der Waals surface area contributed by atoms with Crippen molar-refractivity contribution < 1.29 is 28.5 Å². The van der Waals surface area contributed by atoms with E-state index in [0.29, 0.717) is 25.0 Å². The van der Waals surface area contributed by atoms with Crippen LogP contribution in [0.2, 0.25) is 0 Å². The number of carbonyl (C=O) groups excluding carboxylic acids is 1. The molecule has 2 aromatic rings. The molecule has 3 N–H and O–H groups in total. The van der Waals surface area contributed by atoms with Crippen LogP contribution in [0.5, 0.6) is 5.75 Å². The first-order valence-electron chi connectivity index (χ1n) is 9.66. The molecule has 156 valence electrons. The van der Waals surface area contributed by atoms with Gasteiger partial charge in [-0.05, 0) is 55.9 Å². The van der Waals surface area contributed by atoms with E-state index in [2.05, 4.69) is 5.32 Å². The molecule has 3 rings (SSSR count). The lowest BCUT2D eigenvalue weighted by Crippen LogP contribution is -2.45. The Balaban J connectivity index is 1.41. The third-order valence-electron chi connectivity index (χ3n) is 5.39. The van der Waals surface area contributed by atoms with Gasteiger partial charge in [-0.15, -0.1) is 0 Å². The average molecular weight is 405 g/mol. The Hall–Kier alpha value is -2.51. The van der Waals surface area contributed by atoms with Crippen LogP contribution in [0, 0.1) is 17.6 Å². The van der Waals surface area contributed by atoms with Gasteiger partial charge in [-0.1, -0.05) is 18.2 Å². The van der Waals surface area contributed by atoms with E-state index in [0.717, 1.165) is 25.0 Å². The molecule has 0 aromatic heterocycles. The van der Waals surface area contributed by atoms with E-state index in [-0.39, 0.29) is 30.5 Å². The fourth-order valence-electron chi connectivity index (χ4n) is 3.50. The number of nitrogens with one attached hydrogen (secondary N) is 1. The molecule has 29 heavy (non-hydrogen) atoms. The van der Waals surface area contributed by atoms with Gasteiger partial charge in [0.2, 0.25) is 0 Å². The molecule has 2 aromatic carbocycles. The van der Waals surface area contributed by atoms with Gasteiger partial charge in [-0.25, -0.2) is 8.78 Å². The predicted molar refractivity (Wildman–Crippen MR) is 103 cm³/mol. The summed E-state index contributed by atoms with van der Waals surface area (Å²) in [6.45, 7) is 0.771. The fraction of sp³-hybridized carbons (Fsp3) is 0.409. The molecule has 1 saturated carbocycles. The van der Waals surface area contributed by atoms with E-state index in [4.69, 9.17) is 4.74 Å². The van der Waals surface area contributed by atoms with Crippen LogP contribution in [-0.4, -0.2) is 34.9 Å². The molecule has 0 bridgehead atoms. The van der Waals surface area contributed by atoms with E-state index < -0.39 is 23.1 Å². The van der Waals surface area contributed by atoms with Crippen molar-refractivity contribution >= 4 is 5.91 Å². The molecular formula is C22H25F2NO4. The summed E-state index contributed by atoms with van der Waals surface area (Å²) in [6, 6.07) is 9.89. The minimum Gasteiger partial charge on any atom is -0.505 e. The Kier molecular flexibility index (Phi) is 6.82. The molecule has 1 fully saturated rings. The highest BCUT2D eigenvalue weighted by Gasteiger charge is 2.33. The first kappa shape index (κ1) is 21.2. The van der Waals surface area contributed by atoms with E-state index in [1.54, 1.807) is 18.2 Å². The second-order valence-corrected chi connectivity index (χ2v) is 7.62. The fourth-order valence-corrected chi connectivity index (χ4v) is 3.50. The lowest BCUT2D eigenvalue weighted by Gasteiger charge is -2.36. The van der Waals surface area contributed by atoms with Crippen LogP contribution in [0.15, 0.2) is 42.5 Å². The summed E-state index contributed by atoms with van der Waals surface area (Å²) >= 11 is 0. The highest BCUT2D eigenvalue weighted by Crippen LogP contribution is 2.32. The number of benzene rings is 2. The number of phenols is 1. The van der Waals surface area contributed by atoms with Crippen molar-refractivity contribution in [3.05, 3.63) is 65.2 Å². The lowest BCUT2D eigenvalue weighted by molar-refractivity contribution is -0.0240. The van der Waals surface area contributed by atoms with Crippen molar-refractivity contribution in [2.75, 3.05) is 13.2 Å². The SMILES string of the molecule is O=C(NC[C@]1(O)CC[C@H](COCc2ccccc2F)CC1)c1ccc(O)c(F)c1. The molecule has 0 atom stereocenters. The van der Waals surface area contributed by atoms with Gasteiger partial charge in [0.05, 0.1) is 12.2 Å². The van der Waals surface area contributed by atoms with E-state index >= 15 is 0 Å². The zero-order valence-electron chi connectivity index (χ0n) is 16.0. The highest BCUT2D eigenvalue weighted by molar-refractivity contribution is 5.94. The Morgan fingerprint density at radius 3 is 2.55 bits per heavy atom. The van der Waals surface area contributed by atoms with E-state index in [1.807, 2.05) is 0 Å². The van der Waals surface area contributed by atoms with E-state index in [9.17, 15) is 23.8 Å². The zero-order chi connectivity index (χ0) is 20.9. The number of phenolic OH excluding ortho intramolecular Hbond substituents is 1. The number of aromatic hydroxyl groups is 1. The molecule has 1 amide bonds. The minimum atomic E-state index is -1.02. The van der Waals surface area contributed by atoms with Crippen LogP contribution in [0.3, 0.4) is 0 Å². The molecule has 0 aliphatic heterocycles. The maximum Gasteiger partial charge on any atom is 0.251 e. The van der Waals surface area contributed by atoms with Crippen LogP contribution < -0.4 is 5.32 Å². The highest BCUT2D eigenvalue weighted by atomic mass is 19.1. The Bertz CT molecular complexity index is 850. The van der Waals surface area contributed by atoms with Gasteiger partial charge in [-0.2, -0.15) is 0 Å². The second-order valence-electron chi connectivity index (χ2n) is 7.62. The van der Waals surface area contributed by atoms with Crippen LogP contribution in [0.4, 0.5) is 8.78 Å². The van der Waals surface area contributed by atoms with Crippen LogP contribution in [0.25, 0.3) is 0 Å². The van der Waals surface area contributed by atoms with E-state index in [1.165, 1.54) is 12.1 Å². The maximum atomic E-state index is 13.6. The quantitative estimate of drug-likeness (QED) is 0.658. The smallest absolute Gasteiger partial charge is 0.251 e. The molecule has 1 aliphatic rings. The zero-order valence-corrected chi connectivity index (χ0v) is 16.0. The summed E-state index contributed by atoms with van der Waals surface area (Å²) in [5.41, 5.74) is -0.417. The van der Waals surface area contributed by atoms with Gasteiger partial charge in [-0.3, -0.25) is 4.79 Å². The summed E-state index contributed by atoms with van der Waals surface area (Å²) in [5.74, 6) is -1.91. The molecule has 1 aliphatic carbocycles. The Morgan fingerprint density at radius 1 is 1.14 bits per heavy atom. The summed E-state index contributed by atoms with van der Waals surface area (Å²) < 4.78 is 32.6. The predicted octanol–water partition coefficient (Wildman–Crippen LogP) is 3.54. The van der Waals surface area contributed by atoms with Crippen LogP contribution >= 0.6 is 0 Å². The van der Waals surface area contributed by atoms with Gasteiger partial charge in [0.25, 0.3) is 5.91 Å². The van der Waals surface area contributed by atoms with Gasteiger partial charge in [0.1, 0.15) is 5.82 Å². The second kappa shape index (κ2) is 9.33. The third-order valence-corrected chi connectivity index (χ3v) is 5.39. The van der Waals surface area contributed by atoms with Gasteiger partial charge < -0.3 is 20.3 Å². The van der Waals surface area contributed by atoms with Gasteiger partial charge >= 0.3 is 0 Å². The molecule has 5 nitrogen and oxygen atoms in total. The minimum absolute atomic E-state index is 0.0666. The van der Waals surface area contributed by atoms with Crippen LogP contribution in [-0.2, 0) is 11.3 Å². The standard InChI is InChI=1S/C22H25F2NO4/c23-18-4-2-1-3-17(18)13-29-12-15-7-9-22(28,10-8-15)14-25-21(27)16-5-6-20(26)19(24)11-16/h1-6,11,15,26,28H,7-10,12-14H2,(H,25,27)/t15-,22-. The average Bonchev–Trinajstić information content (AvgIpc) is 2.71. The molecule has 0 saturated heterocycles. The summed E-state index contributed by atoms with van der Waals surface area (Å²) in [6.07, 6.45) is 2.48. The summed E-state index contributed by atoms with van der Waals surface area (Å²) in [4.78, 5) is 12.1. The number of hydrogen-bond acceptors (Lipinski definition) is 4. The van der Waals surface area contributed by atoms with Crippen molar-refractivity contribution in [2.24, 2.45) is 5.92 Å². The Labute approximate surface area is 168 Å². The number of ether oxygens (including phenoxy) is 1. The number of carbonyl (C=O) groups is 1. The van der Waals surface area contributed by atoms with Crippen LogP contribution in [0.1, 0.15) is 41.6 Å². The molecule has 0 heterocycles. The molecule has 0 radical (unpaired) electrons. The lowest BCUT2D eigenvalue weighted by atomic mass is 9.79. The van der Waals surface area contributed by atoms with Gasteiger partial charge in [0, 0.05) is 24.3 Å².